The summed E-state index contributed by atoms with van der Waals surface area (Å²) in [4.78, 5) is 1.23. The second-order valence-corrected chi connectivity index (χ2v) is 5.28. The number of hydrogen-bond acceptors (Lipinski definition) is 3. The maximum Gasteiger partial charge on any atom is 0.132 e. The third kappa shape index (κ3) is 5.46. The molecule has 0 aliphatic rings. The predicted molar refractivity (Wildman–Crippen MR) is 76.1 cm³/mol. The summed E-state index contributed by atoms with van der Waals surface area (Å²) in [5, 5.41) is 3.50. The van der Waals surface area contributed by atoms with Crippen molar-refractivity contribution in [2.45, 2.75) is 37.6 Å². The smallest absolute Gasteiger partial charge is 0.132 e. The average molecular weight is 253 g/mol. The first-order chi connectivity index (χ1) is 8.27. The van der Waals surface area contributed by atoms with Crippen LogP contribution >= 0.6 is 11.8 Å². The molecule has 0 aliphatic carbocycles. The van der Waals surface area contributed by atoms with Gasteiger partial charge in [0.15, 0.2) is 0 Å². The third-order valence-electron chi connectivity index (χ3n) is 2.62. The van der Waals surface area contributed by atoms with Gasteiger partial charge in [-0.25, -0.2) is 0 Å². The first-order valence-corrected chi connectivity index (χ1v) is 7.25. The normalized spacial score (nSPS) is 12.4. The molecule has 0 saturated carbocycles. The molecule has 1 atom stereocenters. The van der Waals surface area contributed by atoms with E-state index in [1.807, 2.05) is 23.9 Å². The van der Waals surface area contributed by atoms with Crippen LogP contribution in [0.1, 0.15) is 26.7 Å². The zero-order valence-corrected chi connectivity index (χ0v) is 11.8. The van der Waals surface area contributed by atoms with E-state index in [0.717, 1.165) is 18.0 Å². The Labute approximate surface area is 109 Å². The van der Waals surface area contributed by atoms with Crippen molar-refractivity contribution < 1.29 is 4.74 Å². The maximum absolute atomic E-state index is 5.33. The summed E-state index contributed by atoms with van der Waals surface area (Å²) in [5.41, 5.74) is 0. The van der Waals surface area contributed by atoms with Crippen LogP contribution in [0.25, 0.3) is 0 Å². The minimum absolute atomic E-state index is 0.595. The Hall–Kier alpha value is -0.670. The van der Waals surface area contributed by atoms with Crippen molar-refractivity contribution in [3.63, 3.8) is 0 Å². The number of benzene rings is 1. The van der Waals surface area contributed by atoms with Gasteiger partial charge in [0.1, 0.15) is 5.75 Å². The molecule has 0 aromatic heterocycles. The number of ether oxygens (including phenoxy) is 1. The Balaban J connectivity index is 2.30. The van der Waals surface area contributed by atoms with Gasteiger partial charge < -0.3 is 10.1 Å². The fraction of sp³-hybridized carbons (Fsp3) is 0.571. The van der Waals surface area contributed by atoms with E-state index in [9.17, 15) is 0 Å². The summed E-state index contributed by atoms with van der Waals surface area (Å²) in [6.45, 7) is 5.56. The SMILES string of the molecule is CCCNC(C)CCSc1ccccc1OC. The second kappa shape index (κ2) is 8.43. The van der Waals surface area contributed by atoms with Crippen LogP contribution in [0.2, 0.25) is 0 Å². The van der Waals surface area contributed by atoms with E-state index < -0.39 is 0 Å². The van der Waals surface area contributed by atoms with Crippen LogP contribution in [0.4, 0.5) is 0 Å². The van der Waals surface area contributed by atoms with Gasteiger partial charge in [0.05, 0.1) is 7.11 Å². The van der Waals surface area contributed by atoms with E-state index in [0.29, 0.717) is 6.04 Å². The van der Waals surface area contributed by atoms with Gasteiger partial charge in [-0.2, -0.15) is 0 Å². The topological polar surface area (TPSA) is 21.3 Å². The Morgan fingerprint density at radius 1 is 1.35 bits per heavy atom. The largest absolute Gasteiger partial charge is 0.496 e. The Morgan fingerprint density at radius 2 is 2.12 bits per heavy atom. The molecule has 0 amide bonds. The van der Waals surface area contributed by atoms with Crippen molar-refractivity contribution >= 4 is 11.8 Å². The average Bonchev–Trinajstić information content (AvgIpc) is 2.37. The molecule has 1 N–H and O–H groups in total. The van der Waals surface area contributed by atoms with Gasteiger partial charge in [-0.15, -0.1) is 11.8 Å². The van der Waals surface area contributed by atoms with Crippen LogP contribution in [0.5, 0.6) is 5.75 Å². The molecule has 0 fully saturated rings. The molecular formula is C14H23NOS. The van der Waals surface area contributed by atoms with E-state index in [4.69, 9.17) is 4.74 Å². The number of para-hydroxylation sites is 1. The predicted octanol–water partition coefficient (Wildman–Crippen LogP) is 3.57. The van der Waals surface area contributed by atoms with Crippen LogP contribution in [-0.4, -0.2) is 25.4 Å². The van der Waals surface area contributed by atoms with Gasteiger partial charge in [-0.1, -0.05) is 19.1 Å². The molecule has 0 aliphatic heterocycles. The Bertz CT molecular complexity index is 317. The fourth-order valence-electron chi connectivity index (χ4n) is 1.58. The molecule has 1 aromatic rings. The van der Waals surface area contributed by atoms with Crippen LogP contribution in [0, 0.1) is 0 Å². The van der Waals surface area contributed by atoms with Crippen LogP contribution in [-0.2, 0) is 0 Å². The summed E-state index contributed by atoms with van der Waals surface area (Å²) in [5.74, 6) is 2.10. The molecule has 0 radical (unpaired) electrons. The van der Waals surface area contributed by atoms with Crippen molar-refractivity contribution in [3.05, 3.63) is 24.3 Å². The summed E-state index contributed by atoms with van der Waals surface area (Å²) in [6.07, 6.45) is 2.38. The zero-order chi connectivity index (χ0) is 12.5. The molecule has 0 bridgehead atoms. The Morgan fingerprint density at radius 3 is 2.82 bits per heavy atom. The molecule has 2 nitrogen and oxygen atoms in total. The van der Waals surface area contributed by atoms with Crippen molar-refractivity contribution in [2.24, 2.45) is 0 Å². The van der Waals surface area contributed by atoms with E-state index in [-0.39, 0.29) is 0 Å². The van der Waals surface area contributed by atoms with Crippen molar-refractivity contribution in [2.75, 3.05) is 19.4 Å². The molecule has 1 aromatic carbocycles. The molecule has 0 spiro atoms. The van der Waals surface area contributed by atoms with Crippen molar-refractivity contribution in [1.29, 1.82) is 0 Å². The monoisotopic (exact) mass is 253 g/mol. The number of nitrogens with one attached hydrogen (secondary N) is 1. The molecule has 3 heteroatoms. The van der Waals surface area contributed by atoms with Crippen LogP contribution in [0.15, 0.2) is 29.2 Å². The van der Waals surface area contributed by atoms with E-state index in [2.05, 4.69) is 31.3 Å². The van der Waals surface area contributed by atoms with Crippen molar-refractivity contribution in [1.82, 2.24) is 5.32 Å². The number of methoxy groups -OCH3 is 1. The molecule has 17 heavy (non-hydrogen) atoms. The van der Waals surface area contributed by atoms with Gasteiger partial charge >= 0.3 is 0 Å². The quantitative estimate of drug-likeness (QED) is 0.716. The summed E-state index contributed by atoms with van der Waals surface area (Å²) in [7, 11) is 1.73. The first-order valence-electron chi connectivity index (χ1n) is 6.27. The lowest BCUT2D eigenvalue weighted by Crippen LogP contribution is -2.27. The highest BCUT2D eigenvalue weighted by molar-refractivity contribution is 7.99. The molecule has 1 rings (SSSR count). The standard InChI is InChI=1S/C14H23NOS/c1-4-10-15-12(2)9-11-17-14-8-6-5-7-13(14)16-3/h5-8,12,15H,4,9-11H2,1-3H3. The summed E-state index contributed by atoms with van der Waals surface area (Å²) in [6, 6.07) is 8.80. The molecule has 1 unspecified atom stereocenters. The van der Waals surface area contributed by atoms with Gasteiger partial charge in [0, 0.05) is 10.9 Å². The molecule has 0 heterocycles. The number of thioether (sulfide) groups is 1. The highest BCUT2D eigenvalue weighted by Gasteiger charge is 2.04. The summed E-state index contributed by atoms with van der Waals surface area (Å²) >= 11 is 1.87. The fourth-order valence-corrected chi connectivity index (χ4v) is 2.74. The second-order valence-electron chi connectivity index (χ2n) is 4.14. The minimum atomic E-state index is 0.595. The molecular weight excluding hydrogens is 230 g/mol. The number of hydrogen-bond donors (Lipinski definition) is 1. The molecule has 0 saturated heterocycles. The first kappa shape index (κ1) is 14.4. The van der Waals surface area contributed by atoms with E-state index in [1.54, 1.807) is 7.11 Å². The van der Waals surface area contributed by atoms with Crippen LogP contribution in [0.3, 0.4) is 0 Å². The van der Waals surface area contributed by atoms with Gasteiger partial charge in [-0.05, 0) is 44.2 Å². The van der Waals surface area contributed by atoms with Gasteiger partial charge in [-0.3, -0.25) is 0 Å². The Kier molecular flexibility index (Phi) is 7.13. The van der Waals surface area contributed by atoms with E-state index in [1.165, 1.54) is 17.7 Å². The highest BCUT2D eigenvalue weighted by Crippen LogP contribution is 2.29. The number of rotatable bonds is 8. The highest BCUT2D eigenvalue weighted by atomic mass is 32.2. The summed E-state index contributed by atoms with van der Waals surface area (Å²) < 4.78 is 5.33. The lowest BCUT2D eigenvalue weighted by molar-refractivity contribution is 0.405. The van der Waals surface area contributed by atoms with Crippen molar-refractivity contribution in [3.8, 4) is 5.75 Å². The van der Waals surface area contributed by atoms with Gasteiger partial charge in [0.25, 0.3) is 0 Å². The maximum atomic E-state index is 5.33. The lowest BCUT2D eigenvalue weighted by atomic mass is 10.2. The minimum Gasteiger partial charge on any atom is -0.496 e. The third-order valence-corrected chi connectivity index (χ3v) is 3.71. The van der Waals surface area contributed by atoms with Crippen LogP contribution < -0.4 is 10.1 Å². The zero-order valence-electron chi connectivity index (χ0n) is 11.0. The molecule has 96 valence electrons. The van der Waals surface area contributed by atoms with Gasteiger partial charge in [0.2, 0.25) is 0 Å². The lowest BCUT2D eigenvalue weighted by Gasteiger charge is -2.13. The van der Waals surface area contributed by atoms with E-state index >= 15 is 0 Å².